The van der Waals surface area contributed by atoms with Crippen LogP contribution in [0.1, 0.15) is 11.1 Å². The maximum atomic E-state index is 13.2. The van der Waals surface area contributed by atoms with Gasteiger partial charge in [0.15, 0.2) is 6.10 Å². The van der Waals surface area contributed by atoms with Gasteiger partial charge in [-0.3, -0.25) is 0 Å². The Kier molecular flexibility index (Phi) is 17.1. The highest BCUT2D eigenvalue weighted by Crippen LogP contribution is 2.30. The highest BCUT2D eigenvalue weighted by atomic mass is 16.7. The van der Waals surface area contributed by atoms with Crippen LogP contribution < -0.4 is 9.47 Å². The van der Waals surface area contributed by atoms with Crippen molar-refractivity contribution >= 4 is 24.1 Å². The smallest absolute Gasteiger partial charge is 0.333 e. The Morgan fingerprint density at radius 2 is 1.06 bits per heavy atom. The number of hydrogen-bond acceptors (Lipinski definition) is 10. The molecule has 2 aromatic carbocycles. The topological polar surface area (TPSA) is 108 Å². The monoisotopic (exact) mass is 672 g/mol. The first kappa shape index (κ1) is 38.4. The molecule has 3 rings (SSSR count). The fourth-order valence-electron chi connectivity index (χ4n) is 4.57. The van der Waals surface area contributed by atoms with Crippen LogP contribution in [0.5, 0.6) is 11.5 Å². The van der Waals surface area contributed by atoms with Gasteiger partial charge in [-0.15, -0.1) is 19.7 Å². The first-order chi connectivity index (χ1) is 23.9. The minimum atomic E-state index is -1.39. The first-order valence-electron chi connectivity index (χ1n) is 15.7. The van der Waals surface area contributed by atoms with Crippen molar-refractivity contribution in [2.24, 2.45) is 0 Å². The van der Waals surface area contributed by atoms with E-state index in [9.17, 15) is 9.59 Å². The summed E-state index contributed by atoms with van der Waals surface area (Å²) in [4.78, 5) is 26.4. The number of ether oxygens (including phenoxy) is 8. The normalized spacial score (nSPS) is 20.3. The summed E-state index contributed by atoms with van der Waals surface area (Å²) in [5.74, 6) is -0.156. The Labute approximate surface area is 288 Å². The first-order valence-corrected chi connectivity index (χ1v) is 15.7. The molecule has 49 heavy (non-hydrogen) atoms. The molecule has 0 unspecified atom stereocenters. The van der Waals surface area contributed by atoms with Crippen molar-refractivity contribution < 1.29 is 47.5 Å². The van der Waals surface area contributed by atoms with Crippen LogP contribution in [0.4, 0.5) is 0 Å². The second-order valence-electron chi connectivity index (χ2n) is 10.4. The van der Waals surface area contributed by atoms with Crippen LogP contribution in [0.25, 0.3) is 12.2 Å². The molecule has 0 radical (unpaired) electrons. The molecule has 0 spiro atoms. The zero-order valence-corrected chi connectivity index (χ0v) is 27.6. The van der Waals surface area contributed by atoms with Crippen LogP contribution in [-0.4, -0.2) is 82.3 Å². The van der Waals surface area contributed by atoms with Gasteiger partial charge in [0, 0.05) is 12.2 Å². The third-order valence-electron chi connectivity index (χ3n) is 6.73. The molecule has 5 atom stereocenters. The standard InChI is InChI=1S/C39H44O10/c1-6-23-42-28-33-36(45-26-9-4)37(46-27-10-5)38(48-34(40)21-15-29-11-17-31(18-12-29)43-24-7-2)39(47-33)49-35(41)22-16-30-13-19-32(20-14-30)44-25-8-3/h6-22,33,36-39H,1-5,23-28H2/b21-15+,22-16+/t33-,36-,37+,38-,39+/m1/s1. The number of carbonyl (C=O) groups is 2. The molecule has 1 aliphatic heterocycles. The molecule has 0 aliphatic carbocycles. The lowest BCUT2D eigenvalue weighted by atomic mass is 9.98. The fraction of sp³-hybridized carbons (Fsp3) is 0.282. The quantitative estimate of drug-likeness (QED) is 0.0633. The van der Waals surface area contributed by atoms with Gasteiger partial charge in [-0.1, -0.05) is 67.8 Å². The Morgan fingerprint density at radius 1 is 0.592 bits per heavy atom. The van der Waals surface area contributed by atoms with E-state index in [0.29, 0.717) is 24.7 Å². The Bertz CT molecular complexity index is 1430. The highest BCUT2D eigenvalue weighted by molar-refractivity contribution is 5.88. The zero-order valence-electron chi connectivity index (χ0n) is 27.6. The average molecular weight is 673 g/mol. The van der Waals surface area contributed by atoms with Crippen molar-refractivity contribution in [1.82, 2.24) is 0 Å². The average Bonchev–Trinajstić information content (AvgIpc) is 3.12. The van der Waals surface area contributed by atoms with Crippen LogP contribution >= 0.6 is 0 Å². The van der Waals surface area contributed by atoms with Gasteiger partial charge in [0.1, 0.15) is 43.0 Å². The van der Waals surface area contributed by atoms with Gasteiger partial charge < -0.3 is 37.9 Å². The SMILES string of the molecule is C=CCOC[C@H]1O[C@@H](OC(=O)/C=C/c2ccc(OCC=C)cc2)[C@H](OC(=O)/C=C/c2ccc(OCC=C)cc2)[C@@H](OCC=C)[C@@H]1OCC=C. The molecule has 0 saturated carbocycles. The predicted octanol–water partition coefficient (Wildman–Crippen LogP) is 6.07. The molecule has 10 heteroatoms. The van der Waals surface area contributed by atoms with Crippen molar-refractivity contribution in [3.8, 4) is 11.5 Å². The number of rotatable bonds is 22. The lowest BCUT2D eigenvalue weighted by Crippen LogP contribution is -2.62. The molecule has 10 nitrogen and oxygen atoms in total. The van der Waals surface area contributed by atoms with Gasteiger partial charge in [0.25, 0.3) is 0 Å². The fourth-order valence-corrected chi connectivity index (χ4v) is 4.57. The van der Waals surface area contributed by atoms with Crippen LogP contribution in [0.15, 0.2) is 124 Å². The van der Waals surface area contributed by atoms with Crippen molar-refractivity contribution in [3.63, 3.8) is 0 Å². The van der Waals surface area contributed by atoms with E-state index in [2.05, 4.69) is 32.9 Å². The summed E-state index contributed by atoms with van der Waals surface area (Å²) in [7, 11) is 0. The maximum Gasteiger partial charge on any atom is 0.333 e. The molecule has 0 amide bonds. The predicted molar refractivity (Wildman–Crippen MR) is 188 cm³/mol. The van der Waals surface area contributed by atoms with Gasteiger partial charge in [0.05, 0.1) is 26.4 Å². The van der Waals surface area contributed by atoms with Crippen molar-refractivity contribution in [2.45, 2.75) is 30.7 Å². The molecule has 260 valence electrons. The summed E-state index contributed by atoms with van der Waals surface area (Å²) in [6.07, 6.45) is 8.48. The van der Waals surface area contributed by atoms with Gasteiger partial charge in [0.2, 0.25) is 6.29 Å². The van der Waals surface area contributed by atoms with Crippen LogP contribution in [0, 0.1) is 0 Å². The minimum Gasteiger partial charge on any atom is -0.490 e. The van der Waals surface area contributed by atoms with E-state index >= 15 is 0 Å². The zero-order chi connectivity index (χ0) is 35.3. The van der Waals surface area contributed by atoms with E-state index < -0.39 is 42.6 Å². The van der Waals surface area contributed by atoms with Gasteiger partial charge >= 0.3 is 11.9 Å². The van der Waals surface area contributed by atoms with E-state index in [1.807, 2.05) is 0 Å². The van der Waals surface area contributed by atoms with E-state index in [1.165, 1.54) is 12.2 Å². The summed E-state index contributed by atoms with van der Waals surface area (Å²) >= 11 is 0. The summed E-state index contributed by atoms with van der Waals surface area (Å²) in [5.41, 5.74) is 1.45. The molecule has 2 aromatic rings. The Morgan fingerprint density at radius 3 is 1.55 bits per heavy atom. The van der Waals surface area contributed by atoms with Gasteiger partial charge in [-0.2, -0.15) is 0 Å². The molecular formula is C39H44O10. The van der Waals surface area contributed by atoms with Gasteiger partial charge in [-0.05, 0) is 47.5 Å². The summed E-state index contributed by atoms with van der Waals surface area (Å²) < 4.78 is 46.7. The van der Waals surface area contributed by atoms with Crippen LogP contribution in [0.3, 0.4) is 0 Å². The van der Waals surface area contributed by atoms with Crippen LogP contribution in [-0.2, 0) is 38.0 Å². The summed E-state index contributed by atoms with van der Waals surface area (Å²) in [5, 5.41) is 0. The van der Waals surface area contributed by atoms with Gasteiger partial charge in [-0.25, -0.2) is 9.59 Å². The number of carbonyl (C=O) groups excluding carboxylic acids is 2. The number of benzene rings is 2. The molecule has 1 fully saturated rings. The Balaban J connectivity index is 1.86. The second kappa shape index (κ2) is 21.8. The van der Waals surface area contributed by atoms with Crippen molar-refractivity contribution in [1.29, 1.82) is 0 Å². The highest BCUT2D eigenvalue weighted by Gasteiger charge is 2.51. The molecule has 0 aromatic heterocycles. The lowest BCUT2D eigenvalue weighted by Gasteiger charge is -2.44. The van der Waals surface area contributed by atoms with Crippen molar-refractivity contribution in [2.75, 3.05) is 39.6 Å². The second-order valence-corrected chi connectivity index (χ2v) is 10.4. The molecule has 0 N–H and O–H groups in total. The third-order valence-corrected chi connectivity index (χ3v) is 6.73. The largest absolute Gasteiger partial charge is 0.490 e. The minimum absolute atomic E-state index is 0.0407. The molecule has 0 bridgehead atoms. The van der Waals surface area contributed by atoms with E-state index in [4.69, 9.17) is 37.9 Å². The molecule has 1 saturated heterocycles. The number of hydrogen-bond donors (Lipinski definition) is 0. The van der Waals surface area contributed by atoms with Crippen LogP contribution in [0.2, 0.25) is 0 Å². The lowest BCUT2D eigenvalue weighted by molar-refractivity contribution is -0.305. The summed E-state index contributed by atoms with van der Waals surface area (Å²) in [6.45, 7) is 19.7. The molecule has 1 heterocycles. The molecule has 1 aliphatic rings. The molecular weight excluding hydrogens is 628 g/mol. The van der Waals surface area contributed by atoms with E-state index in [1.54, 1.807) is 91.1 Å². The van der Waals surface area contributed by atoms with E-state index in [-0.39, 0.29) is 26.4 Å². The number of esters is 2. The Hall–Kier alpha value is -5.00. The third kappa shape index (κ3) is 13.2. The van der Waals surface area contributed by atoms with Crippen molar-refractivity contribution in [3.05, 3.63) is 135 Å². The summed E-state index contributed by atoms with van der Waals surface area (Å²) in [6, 6.07) is 14.2. The van der Waals surface area contributed by atoms with E-state index in [0.717, 1.165) is 11.1 Å². The maximum absolute atomic E-state index is 13.2.